The molecule has 0 aliphatic carbocycles. The summed E-state index contributed by atoms with van der Waals surface area (Å²) >= 11 is -1.66. The highest BCUT2D eigenvalue weighted by Gasteiger charge is 2.26. The molecule has 0 spiro atoms. The van der Waals surface area contributed by atoms with E-state index in [2.05, 4.69) is 17.0 Å². The molecule has 82 valence electrons. The van der Waals surface area contributed by atoms with Gasteiger partial charge in [0, 0.05) is 13.1 Å². The van der Waals surface area contributed by atoms with Crippen molar-refractivity contribution >= 4 is 11.1 Å². The molecule has 2 rings (SSSR count). The molecule has 3 nitrogen and oxygen atoms in total. The van der Waals surface area contributed by atoms with Crippen LogP contribution in [0.2, 0.25) is 0 Å². The predicted molar refractivity (Wildman–Crippen MR) is 60.9 cm³/mol. The minimum atomic E-state index is -1.66. The van der Waals surface area contributed by atoms with Gasteiger partial charge in [0.15, 0.2) is 11.1 Å². The molecule has 1 heterocycles. The van der Waals surface area contributed by atoms with E-state index in [1.165, 1.54) is 5.56 Å². The number of hydrogen-bond donors (Lipinski definition) is 1. The number of rotatable bonds is 3. The Bertz CT molecular complexity index is 342. The maximum atomic E-state index is 10.9. The van der Waals surface area contributed by atoms with Gasteiger partial charge in [0.25, 0.3) is 0 Å². The van der Waals surface area contributed by atoms with Crippen molar-refractivity contribution < 1.29 is 8.76 Å². The third-order valence-corrected chi connectivity index (χ3v) is 3.72. The number of hydrogen-bond acceptors (Lipinski definition) is 2. The predicted octanol–water partition coefficient (Wildman–Crippen LogP) is 1.48. The summed E-state index contributed by atoms with van der Waals surface area (Å²) in [6.07, 6.45) is 0.829. The van der Waals surface area contributed by atoms with Crippen LogP contribution >= 0.6 is 0 Å². The van der Waals surface area contributed by atoms with Gasteiger partial charge in [-0.05, 0) is 18.5 Å². The zero-order valence-corrected chi connectivity index (χ0v) is 9.32. The Morgan fingerprint density at radius 3 is 2.73 bits per heavy atom. The van der Waals surface area contributed by atoms with Crippen LogP contribution in [0.1, 0.15) is 12.0 Å². The molecular formula is C11H15NO2S. The van der Waals surface area contributed by atoms with Crippen LogP contribution in [0.15, 0.2) is 30.3 Å². The lowest BCUT2D eigenvalue weighted by Gasteiger charge is -2.14. The smallest absolute Gasteiger partial charge is 0.157 e. The first kappa shape index (κ1) is 10.8. The van der Waals surface area contributed by atoms with Crippen LogP contribution in [0.25, 0.3) is 0 Å². The molecule has 1 N–H and O–H groups in total. The monoisotopic (exact) mass is 225 g/mol. The van der Waals surface area contributed by atoms with Gasteiger partial charge in [-0.3, -0.25) is 4.90 Å². The molecule has 1 aromatic rings. The Hall–Kier alpha value is -0.710. The summed E-state index contributed by atoms with van der Waals surface area (Å²) < 4.78 is 19.9. The van der Waals surface area contributed by atoms with E-state index in [4.69, 9.17) is 4.55 Å². The molecule has 15 heavy (non-hydrogen) atoms. The van der Waals surface area contributed by atoms with Crippen molar-refractivity contribution in [3.8, 4) is 0 Å². The lowest BCUT2D eigenvalue weighted by atomic mass is 10.2. The van der Waals surface area contributed by atoms with Crippen LogP contribution in [0.5, 0.6) is 0 Å². The fourth-order valence-electron chi connectivity index (χ4n) is 1.95. The van der Waals surface area contributed by atoms with Crippen molar-refractivity contribution in [2.45, 2.75) is 18.2 Å². The highest BCUT2D eigenvalue weighted by Crippen LogP contribution is 2.16. The van der Waals surface area contributed by atoms with Gasteiger partial charge in [0.2, 0.25) is 0 Å². The summed E-state index contributed by atoms with van der Waals surface area (Å²) in [5.74, 6) is 0. The number of likely N-dealkylation sites (tertiary alicyclic amines) is 1. The van der Waals surface area contributed by atoms with Crippen LogP contribution in [0.4, 0.5) is 0 Å². The van der Waals surface area contributed by atoms with Gasteiger partial charge in [-0.15, -0.1) is 0 Å². The first-order valence-corrected chi connectivity index (χ1v) is 6.28. The third kappa shape index (κ3) is 2.87. The summed E-state index contributed by atoms with van der Waals surface area (Å²) in [6, 6.07) is 10.2. The molecule has 0 radical (unpaired) electrons. The van der Waals surface area contributed by atoms with Gasteiger partial charge >= 0.3 is 0 Å². The van der Waals surface area contributed by atoms with Gasteiger partial charge in [-0.1, -0.05) is 30.3 Å². The molecule has 0 bridgehead atoms. The van der Waals surface area contributed by atoms with Crippen molar-refractivity contribution in [2.24, 2.45) is 0 Å². The lowest BCUT2D eigenvalue weighted by Crippen LogP contribution is -2.23. The van der Waals surface area contributed by atoms with Crippen LogP contribution < -0.4 is 0 Å². The Morgan fingerprint density at radius 2 is 2.13 bits per heavy atom. The van der Waals surface area contributed by atoms with E-state index < -0.39 is 11.1 Å². The zero-order valence-electron chi connectivity index (χ0n) is 8.50. The van der Waals surface area contributed by atoms with E-state index in [0.717, 1.165) is 26.1 Å². The first-order chi connectivity index (χ1) is 7.25. The second-order valence-corrected chi connectivity index (χ2v) is 5.13. The average Bonchev–Trinajstić information content (AvgIpc) is 2.68. The van der Waals surface area contributed by atoms with Crippen LogP contribution in [0, 0.1) is 0 Å². The molecule has 2 unspecified atom stereocenters. The number of benzene rings is 1. The normalized spacial score (nSPS) is 24.2. The van der Waals surface area contributed by atoms with E-state index in [1.807, 2.05) is 18.2 Å². The molecule has 1 aliphatic rings. The van der Waals surface area contributed by atoms with Crippen molar-refractivity contribution in [2.75, 3.05) is 13.1 Å². The maximum absolute atomic E-state index is 10.9. The molecule has 0 aromatic heterocycles. The van der Waals surface area contributed by atoms with E-state index in [1.54, 1.807) is 0 Å². The lowest BCUT2D eigenvalue weighted by molar-refractivity contribution is 0.331. The SMILES string of the molecule is O=S(O)C1CCN(Cc2ccccc2)C1. The fraction of sp³-hybridized carbons (Fsp3) is 0.455. The van der Waals surface area contributed by atoms with Crippen molar-refractivity contribution in [3.63, 3.8) is 0 Å². The zero-order chi connectivity index (χ0) is 10.7. The highest BCUT2D eigenvalue weighted by molar-refractivity contribution is 7.79. The molecule has 1 saturated heterocycles. The highest BCUT2D eigenvalue weighted by atomic mass is 32.2. The number of nitrogens with zero attached hydrogens (tertiary/aromatic N) is 1. The minimum Gasteiger partial charge on any atom is -0.306 e. The van der Waals surface area contributed by atoms with Gasteiger partial charge in [-0.2, -0.15) is 0 Å². The molecule has 1 aliphatic heterocycles. The maximum Gasteiger partial charge on any atom is 0.157 e. The summed E-state index contributed by atoms with van der Waals surface area (Å²) in [5.41, 5.74) is 1.27. The summed E-state index contributed by atoms with van der Waals surface area (Å²) in [5, 5.41) is -0.0614. The van der Waals surface area contributed by atoms with Crippen LogP contribution in [0.3, 0.4) is 0 Å². The second-order valence-electron chi connectivity index (χ2n) is 3.91. The quantitative estimate of drug-likeness (QED) is 0.792. The Kier molecular flexibility index (Phi) is 3.51. The van der Waals surface area contributed by atoms with E-state index >= 15 is 0 Å². The molecule has 0 amide bonds. The summed E-state index contributed by atoms with van der Waals surface area (Å²) in [7, 11) is 0. The van der Waals surface area contributed by atoms with E-state index in [0.29, 0.717) is 0 Å². The molecular weight excluding hydrogens is 210 g/mol. The molecule has 1 fully saturated rings. The van der Waals surface area contributed by atoms with Gasteiger partial charge < -0.3 is 4.55 Å². The van der Waals surface area contributed by atoms with Crippen LogP contribution in [-0.4, -0.2) is 32.0 Å². The second kappa shape index (κ2) is 4.88. The Balaban J connectivity index is 1.90. The largest absolute Gasteiger partial charge is 0.306 e. The standard InChI is InChI=1S/C11H15NO2S/c13-15(14)11-6-7-12(9-11)8-10-4-2-1-3-5-10/h1-5,11H,6-9H2,(H,13,14). The average molecular weight is 225 g/mol. The Labute approximate surface area is 92.4 Å². The van der Waals surface area contributed by atoms with Gasteiger partial charge in [0.1, 0.15) is 0 Å². The fourth-order valence-corrected chi connectivity index (χ4v) is 2.59. The summed E-state index contributed by atoms with van der Waals surface area (Å²) in [6.45, 7) is 2.54. The van der Waals surface area contributed by atoms with Crippen LogP contribution in [-0.2, 0) is 17.6 Å². The summed E-state index contributed by atoms with van der Waals surface area (Å²) in [4.78, 5) is 2.23. The van der Waals surface area contributed by atoms with E-state index in [-0.39, 0.29) is 5.25 Å². The van der Waals surface area contributed by atoms with Crippen molar-refractivity contribution in [3.05, 3.63) is 35.9 Å². The van der Waals surface area contributed by atoms with Crippen molar-refractivity contribution in [1.29, 1.82) is 0 Å². The molecule has 1 aromatic carbocycles. The van der Waals surface area contributed by atoms with Gasteiger partial charge in [0.05, 0.1) is 5.25 Å². The molecule has 2 atom stereocenters. The topological polar surface area (TPSA) is 40.5 Å². The van der Waals surface area contributed by atoms with E-state index in [9.17, 15) is 4.21 Å². The van der Waals surface area contributed by atoms with Crippen molar-refractivity contribution in [1.82, 2.24) is 4.90 Å². The molecule has 0 saturated carbocycles. The molecule has 4 heteroatoms. The van der Waals surface area contributed by atoms with Gasteiger partial charge in [-0.25, -0.2) is 4.21 Å². The minimum absolute atomic E-state index is 0.0614. The Morgan fingerprint density at radius 1 is 1.40 bits per heavy atom. The third-order valence-electron chi connectivity index (χ3n) is 2.76. The first-order valence-electron chi connectivity index (χ1n) is 5.11.